The molecule has 1 aromatic carbocycles. The molecular formula is C19H23N3O2. The third-order valence-electron chi connectivity index (χ3n) is 5.28. The molecule has 0 aliphatic carbocycles. The van der Waals surface area contributed by atoms with Crippen molar-refractivity contribution in [1.29, 1.82) is 0 Å². The minimum atomic E-state index is 0.628. The summed E-state index contributed by atoms with van der Waals surface area (Å²) in [5, 5.41) is 0. The van der Waals surface area contributed by atoms with Crippen LogP contribution in [0.3, 0.4) is 0 Å². The molecule has 2 aromatic rings. The molecule has 2 atom stereocenters. The number of hydrogen-bond acceptors (Lipinski definition) is 5. The Morgan fingerprint density at radius 3 is 2.50 bits per heavy atom. The van der Waals surface area contributed by atoms with Crippen molar-refractivity contribution < 1.29 is 9.47 Å². The van der Waals surface area contributed by atoms with E-state index in [0.29, 0.717) is 12.1 Å². The number of benzene rings is 1. The summed E-state index contributed by atoms with van der Waals surface area (Å²) in [6, 6.07) is 11.4. The van der Waals surface area contributed by atoms with Crippen molar-refractivity contribution >= 4 is 5.69 Å². The van der Waals surface area contributed by atoms with Crippen molar-refractivity contribution in [3.63, 3.8) is 0 Å². The predicted molar refractivity (Wildman–Crippen MR) is 94.9 cm³/mol. The smallest absolute Gasteiger partial charge is 0.131 e. The average Bonchev–Trinajstić information content (AvgIpc) is 3.20. The van der Waals surface area contributed by atoms with Crippen molar-refractivity contribution in [2.45, 2.75) is 18.5 Å². The van der Waals surface area contributed by atoms with Crippen LogP contribution in [0.25, 0.3) is 11.3 Å². The van der Waals surface area contributed by atoms with E-state index in [1.54, 1.807) is 14.2 Å². The summed E-state index contributed by atoms with van der Waals surface area (Å²) in [5.74, 6) is 1.56. The van der Waals surface area contributed by atoms with Crippen molar-refractivity contribution in [2.75, 3.05) is 39.3 Å². The highest BCUT2D eigenvalue weighted by Crippen LogP contribution is 2.35. The molecule has 5 nitrogen and oxygen atoms in total. The van der Waals surface area contributed by atoms with E-state index in [1.165, 1.54) is 12.1 Å². The first-order chi connectivity index (χ1) is 11.7. The third-order valence-corrected chi connectivity index (χ3v) is 5.28. The summed E-state index contributed by atoms with van der Waals surface area (Å²) in [4.78, 5) is 9.64. The van der Waals surface area contributed by atoms with Crippen molar-refractivity contribution in [3.8, 4) is 22.8 Å². The largest absolute Gasteiger partial charge is 0.497 e. The number of ether oxygens (including phenoxy) is 2. The van der Waals surface area contributed by atoms with Crippen LogP contribution < -0.4 is 14.4 Å². The molecule has 2 aliphatic heterocycles. The van der Waals surface area contributed by atoms with E-state index < -0.39 is 0 Å². The zero-order valence-electron chi connectivity index (χ0n) is 14.4. The summed E-state index contributed by atoms with van der Waals surface area (Å²) in [5.41, 5.74) is 3.11. The van der Waals surface area contributed by atoms with Crippen LogP contribution in [0.4, 0.5) is 5.69 Å². The zero-order valence-corrected chi connectivity index (χ0v) is 14.4. The van der Waals surface area contributed by atoms with Crippen LogP contribution in [-0.2, 0) is 0 Å². The van der Waals surface area contributed by atoms with E-state index in [1.807, 2.05) is 24.4 Å². The number of pyridine rings is 1. The second kappa shape index (κ2) is 5.98. The quantitative estimate of drug-likeness (QED) is 0.864. The maximum absolute atomic E-state index is 5.49. The van der Waals surface area contributed by atoms with Crippen molar-refractivity contribution in [2.24, 2.45) is 0 Å². The lowest BCUT2D eigenvalue weighted by Crippen LogP contribution is -2.44. The number of nitrogens with zero attached hydrogens (tertiary/aromatic N) is 3. The standard InChI is InChI=1S/C19H23N3O2/c1-21-11-15-8-14(21)12-22(15)13-4-7-18(20-10-13)17-6-5-16(23-2)9-19(17)24-3/h4-7,9-10,14-15H,8,11-12H2,1-3H3. The first-order valence-corrected chi connectivity index (χ1v) is 8.35. The van der Waals surface area contributed by atoms with Gasteiger partial charge in [0.25, 0.3) is 0 Å². The molecule has 0 N–H and O–H groups in total. The number of aromatic nitrogens is 1. The second-order valence-electron chi connectivity index (χ2n) is 6.60. The predicted octanol–water partition coefficient (Wildman–Crippen LogP) is 2.66. The van der Waals surface area contributed by atoms with Crippen molar-refractivity contribution in [1.82, 2.24) is 9.88 Å². The molecule has 2 fully saturated rings. The highest BCUT2D eigenvalue weighted by molar-refractivity contribution is 5.69. The van der Waals surface area contributed by atoms with Gasteiger partial charge in [0, 0.05) is 36.8 Å². The number of piperazine rings is 1. The molecule has 1 aromatic heterocycles. The first-order valence-electron chi connectivity index (χ1n) is 8.35. The summed E-state index contributed by atoms with van der Waals surface area (Å²) in [6.07, 6.45) is 3.25. The number of hydrogen-bond donors (Lipinski definition) is 0. The van der Waals surface area contributed by atoms with Gasteiger partial charge in [0.1, 0.15) is 11.5 Å². The third kappa shape index (κ3) is 2.49. The van der Waals surface area contributed by atoms with Gasteiger partial charge in [-0.15, -0.1) is 0 Å². The maximum Gasteiger partial charge on any atom is 0.131 e. The van der Waals surface area contributed by atoms with Gasteiger partial charge >= 0.3 is 0 Å². The van der Waals surface area contributed by atoms with Crippen LogP contribution in [0.2, 0.25) is 0 Å². The number of methoxy groups -OCH3 is 2. The highest BCUT2D eigenvalue weighted by atomic mass is 16.5. The molecule has 0 spiro atoms. The van der Waals surface area contributed by atoms with Gasteiger partial charge in [-0.1, -0.05) is 0 Å². The van der Waals surface area contributed by atoms with Gasteiger partial charge in [-0.25, -0.2) is 0 Å². The molecule has 4 rings (SSSR count). The number of likely N-dealkylation sites (N-methyl/N-ethyl adjacent to an activating group) is 1. The van der Waals surface area contributed by atoms with Crippen LogP contribution in [0, 0.1) is 0 Å². The number of anilines is 1. The van der Waals surface area contributed by atoms with Gasteiger partial charge in [-0.2, -0.15) is 0 Å². The SMILES string of the molecule is COc1ccc(-c2ccc(N3CC4CC3CN4C)cn2)c(OC)c1. The molecule has 0 saturated carbocycles. The Morgan fingerprint density at radius 1 is 1.04 bits per heavy atom. The lowest BCUT2D eigenvalue weighted by molar-refractivity contribution is 0.292. The molecule has 0 radical (unpaired) electrons. The maximum atomic E-state index is 5.49. The van der Waals surface area contributed by atoms with Crippen molar-refractivity contribution in [3.05, 3.63) is 36.5 Å². The van der Waals surface area contributed by atoms with Gasteiger partial charge in [-0.05, 0) is 37.7 Å². The molecule has 0 amide bonds. The molecule has 5 heteroatoms. The summed E-state index contributed by atoms with van der Waals surface area (Å²) in [7, 11) is 5.55. The molecule has 3 heterocycles. The highest BCUT2D eigenvalue weighted by Gasteiger charge is 2.41. The molecule has 2 saturated heterocycles. The van der Waals surface area contributed by atoms with Crippen LogP contribution in [0.1, 0.15) is 6.42 Å². The Morgan fingerprint density at radius 2 is 1.92 bits per heavy atom. The molecule has 126 valence electrons. The van der Waals surface area contributed by atoms with E-state index >= 15 is 0 Å². The summed E-state index contributed by atoms with van der Waals surface area (Å²) < 4.78 is 10.7. The van der Waals surface area contributed by atoms with E-state index in [4.69, 9.17) is 9.47 Å². The monoisotopic (exact) mass is 325 g/mol. The van der Waals surface area contributed by atoms with E-state index in [-0.39, 0.29) is 0 Å². The Labute approximate surface area is 142 Å². The Bertz CT molecular complexity index is 730. The normalized spacial score (nSPS) is 22.9. The second-order valence-corrected chi connectivity index (χ2v) is 6.60. The fourth-order valence-corrected chi connectivity index (χ4v) is 3.91. The lowest BCUT2D eigenvalue weighted by atomic mass is 10.1. The van der Waals surface area contributed by atoms with Crippen LogP contribution in [-0.4, -0.2) is 56.3 Å². The minimum absolute atomic E-state index is 0.628. The number of rotatable bonds is 4. The van der Waals surface area contributed by atoms with Gasteiger partial charge in [0.05, 0.1) is 31.8 Å². The Kier molecular flexibility index (Phi) is 3.81. The average molecular weight is 325 g/mol. The summed E-state index contributed by atoms with van der Waals surface area (Å²) in [6.45, 7) is 2.26. The van der Waals surface area contributed by atoms with Crippen LogP contribution >= 0.6 is 0 Å². The summed E-state index contributed by atoms with van der Waals surface area (Å²) >= 11 is 0. The zero-order chi connectivity index (χ0) is 16.7. The molecule has 2 unspecified atom stereocenters. The van der Waals surface area contributed by atoms with E-state index in [9.17, 15) is 0 Å². The Hall–Kier alpha value is -2.27. The fraction of sp³-hybridized carbons (Fsp3) is 0.421. The molecular weight excluding hydrogens is 302 g/mol. The van der Waals surface area contributed by atoms with Gasteiger partial charge in [0.15, 0.2) is 0 Å². The van der Waals surface area contributed by atoms with Gasteiger partial charge in [-0.3, -0.25) is 9.88 Å². The van der Waals surface area contributed by atoms with Gasteiger partial charge in [0.2, 0.25) is 0 Å². The molecule has 2 bridgehead atoms. The van der Waals surface area contributed by atoms with Crippen LogP contribution in [0.15, 0.2) is 36.5 Å². The fourth-order valence-electron chi connectivity index (χ4n) is 3.91. The minimum Gasteiger partial charge on any atom is -0.497 e. The topological polar surface area (TPSA) is 37.8 Å². The van der Waals surface area contributed by atoms with E-state index in [2.05, 4.69) is 34.0 Å². The number of likely N-dealkylation sites (tertiary alicyclic amines) is 1. The lowest BCUT2D eigenvalue weighted by Gasteiger charge is -2.33. The number of fused-ring (bicyclic) bond motifs is 2. The first kappa shape index (κ1) is 15.3. The molecule has 2 aliphatic rings. The van der Waals surface area contributed by atoms with E-state index in [0.717, 1.165) is 35.8 Å². The van der Waals surface area contributed by atoms with Gasteiger partial charge < -0.3 is 14.4 Å². The van der Waals surface area contributed by atoms with Crippen LogP contribution in [0.5, 0.6) is 11.5 Å². The Balaban J connectivity index is 1.59. The molecule has 24 heavy (non-hydrogen) atoms.